The number of hydrogen-bond acceptors (Lipinski definition) is 3. The zero-order valence-electron chi connectivity index (χ0n) is 9.75. The largest absolute Gasteiger partial charge is 0.298 e. The second kappa shape index (κ2) is 4.29. The molecule has 0 bridgehead atoms. The highest BCUT2D eigenvalue weighted by molar-refractivity contribution is 4.95. The van der Waals surface area contributed by atoms with Crippen molar-refractivity contribution in [2.75, 3.05) is 26.7 Å². The van der Waals surface area contributed by atoms with Crippen molar-refractivity contribution in [3.8, 4) is 6.07 Å². The minimum atomic E-state index is 0.238. The van der Waals surface area contributed by atoms with Crippen LogP contribution in [0.2, 0.25) is 0 Å². The molecule has 3 nitrogen and oxygen atoms in total. The van der Waals surface area contributed by atoms with Crippen LogP contribution >= 0.6 is 0 Å². The van der Waals surface area contributed by atoms with Crippen molar-refractivity contribution in [1.82, 2.24) is 9.80 Å². The van der Waals surface area contributed by atoms with Crippen LogP contribution in [0, 0.1) is 11.3 Å². The fourth-order valence-corrected chi connectivity index (χ4v) is 2.09. The number of piperazine rings is 1. The van der Waals surface area contributed by atoms with E-state index in [4.69, 9.17) is 5.26 Å². The van der Waals surface area contributed by atoms with Crippen LogP contribution in [0.1, 0.15) is 27.2 Å². The summed E-state index contributed by atoms with van der Waals surface area (Å²) in [6.45, 7) is 9.81. The molecule has 0 amide bonds. The van der Waals surface area contributed by atoms with Crippen LogP contribution in [0.4, 0.5) is 0 Å². The van der Waals surface area contributed by atoms with Crippen LogP contribution in [-0.4, -0.2) is 48.1 Å². The SMILES string of the molecule is CCN1CC(C)(C)N(C)CC1CC#N. The molecule has 3 heteroatoms. The lowest BCUT2D eigenvalue weighted by atomic mass is 9.95. The van der Waals surface area contributed by atoms with Gasteiger partial charge in [0.1, 0.15) is 0 Å². The molecule has 1 aliphatic heterocycles. The molecule has 0 radical (unpaired) electrons. The summed E-state index contributed by atoms with van der Waals surface area (Å²) in [7, 11) is 2.15. The van der Waals surface area contributed by atoms with Gasteiger partial charge >= 0.3 is 0 Å². The van der Waals surface area contributed by atoms with Crippen LogP contribution in [0.15, 0.2) is 0 Å². The van der Waals surface area contributed by atoms with Gasteiger partial charge in [0, 0.05) is 24.7 Å². The molecule has 0 aromatic rings. The minimum absolute atomic E-state index is 0.238. The first-order chi connectivity index (χ1) is 6.51. The summed E-state index contributed by atoms with van der Waals surface area (Å²) in [5, 5.41) is 8.75. The highest BCUT2D eigenvalue weighted by atomic mass is 15.3. The zero-order valence-corrected chi connectivity index (χ0v) is 9.75. The van der Waals surface area contributed by atoms with Crippen molar-refractivity contribution in [3.05, 3.63) is 0 Å². The predicted molar refractivity (Wildman–Crippen MR) is 58.0 cm³/mol. The lowest BCUT2D eigenvalue weighted by molar-refractivity contribution is 0.00339. The maximum atomic E-state index is 8.75. The van der Waals surface area contributed by atoms with Gasteiger partial charge in [-0.15, -0.1) is 0 Å². The summed E-state index contributed by atoms with van der Waals surface area (Å²) in [5.41, 5.74) is 0.238. The van der Waals surface area contributed by atoms with Gasteiger partial charge in [-0.1, -0.05) is 6.92 Å². The first kappa shape index (κ1) is 11.5. The number of hydrogen-bond donors (Lipinski definition) is 0. The Morgan fingerprint density at radius 1 is 1.50 bits per heavy atom. The van der Waals surface area contributed by atoms with E-state index in [-0.39, 0.29) is 5.54 Å². The van der Waals surface area contributed by atoms with Crippen LogP contribution < -0.4 is 0 Å². The zero-order chi connectivity index (χ0) is 10.8. The summed E-state index contributed by atoms with van der Waals surface area (Å²) >= 11 is 0. The summed E-state index contributed by atoms with van der Waals surface area (Å²) in [6, 6.07) is 2.70. The average molecular weight is 195 g/mol. The Hall–Kier alpha value is -0.590. The van der Waals surface area contributed by atoms with E-state index < -0.39 is 0 Å². The van der Waals surface area contributed by atoms with Gasteiger partial charge in [-0.25, -0.2) is 0 Å². The summed E-state index contributed by atoms with van der Waals surface area (Å²) in [4.78, 5) is 4.78. The van der Waals surface area contributed by atoms with E-state index in [1.54, 1.807) is 0 Å². The van der Waals surface area contributed by atoms with E-state index in [0.29, 0.717) is 12.5 Å². The van der Waals surface area contributed by atoms with Gasteiger partial charge in [0.05, 0.1) is 12.5 Å². The van der Waals surface area contributed by atoms with E-state index >= 15 is 0 Å². The topological polar surface area (TPSA) is 30.3 Å². The lowest BCUT2D eigenvalue weighted by Gasteiger charge is -2.49. The Balaban J connectivity index is 2.69. The molecule has 0 spiro atoms. The molecule has 0 aromatic heterocycles. The smallest absolute Gasteiger partial charge is 0.0638 e. The second-order valence-electron chi connectivity index (χ2n) is 4.77. The van der Waals surface area contributed by atoms with Gasteiger partial charge < -0.3 is 0 Å². The van der Waals surface area contributed by atoms with Crippen LogP contribution in [0.25, 0.3) is 0 Å². The van der Waals surface area contributed by atoms with Crippen molar-refractivity contribution >= 4 is 0 Å². The van der Waals surface area contributed by atoms with Gasteiger partial charge in [-0.3, -0.25) is 9.80 Å². The summed E-state index contributed by atoms with van der Waals surface area (Å²) < 4.78 is 0. The number of rotatable bonds is 2. The van der Waals surface area contributed by atoms with E-state index in [1.807, 2.05) is 0 Å². The van der Waals surface area contributed by atoms with E-state index in [9.17, 15) is 0 Å². The Morgan fingerprint density at radius 3 is 2.64 bits per heavy atom. The van der Waals surface area contributed by atoms with Gasteiger partial charge in [0.15, 0.2) is 0 Å². The predicted octanol–water partition coefficient (Wildman–Crippen LogP) is 1.31. The maximum Gasteiger partial charge on any atom is 0.0638 e. The second-order valence-corrected chi connectivity index (χ2v) is 4.77. The molecule has 0 aliphatic carbocycles. The molecule has 1 heterocycles. The van der Waals surface area contributed by atoms with Crippen molar-refractivity contribution in [1.29, 1.82) is 5.26 Å². The molecule has 1 aliphatic rings. The summed E-state index contributed by atoms with van der Waals surface area (Å²) in [6.07, 6.45) is 0.647. The molecule has 0 N–H and O–H groups in total. The molecule has 0 aromatic carbocycles. The molecule has 1 unspecified atom stereocenters. The third-order valence-electron chi connectivity index (χ3n) is 3.36. The molecular weight excluding hydrogens is 174 g/mol. The molecule has 1 atom stereocenters. The molecule has 80 valence electrons. The fraction of sp³-hybridized carbons (Fsp3) is 0.909. The quantitative estimate of drug-likeness (QED) is 0.665. The fourth-order valence-electron chi connectivity index (χ4n) is 2.09. The Morgan fingerprint density at radius 2 is 2.14 bits per heavy atom. The maximum absolute atomic E-state index is 8.75. The van der Waals surface area contributed by atoms with E-state index in [2.05, 4.69) is 43.7 Å². The Bertz CT molecular complexity index is 229. The first-order valence-electron chi connectivity index (χ1n) is 5.33. The van der Waals surface area contributed by atoms with E-state index in [1.165, 1.54) is 0 Å². The molecule has 1 saturated heterocycles. The van der Waals surface area contributed by atoms with Gasteiger partial charge in [0.2, 0.25) is 0 Å². The van der Waals surface area contributed by atoms with Crippen molar-refractivity contribution < 1.29 is 0 Å². The van der Waals surface area contributed by atoms with E-state index in [0.717, 1.165) is 19.6 Å². The summed E-state index contributed by atoms with van der Waals surface area (Å²) in [5.74, 6) is 0. The van der Waals surface area contributed by atoms with Crippen molar-refractivity contribution in [3.63, 3.8) is 0 Å². The van der Waals surface area contributed by atoms with Crippen LogP contribution in [0.5, 0.6) is 0 Å². The van der Waals surface area contributed by atoms with Crippen molar-refractivity contribution in [2.45, 2.75) is 38.8 Å². The molecule has 0 saturated carbocycles. The van der Waals surface area contributed by atoms with Gasteiger partial charge in [0.25, 0.3) is 0 Å². The normalized spacial score (nSPS) is 28.6. The third-order valence-corrected chi connectivity index (χ3v) is 3.36. The average Bonchev–Trinajstić information content (AvgIpc) is 2.12. The Kier molecular flexibility index (Phi) is 3.52. The lowest BCUT2D eigenvalue weighted by Crippen LogP contribution is -2.61. The molecule has 14 heavy (non-hydrogen) atoms. The van der Waals surface area contributed by atoms with Crippen LogP contribution in [0.3, 0.4) is 0 Å². The Labute approximate surface area is 87.3 Å². The minimum Gasteiger partial charge on any atom is -0.298 e. The molecule has 1 fully saturated rings. The number of nitriles is 1. The number of nitrogens with zero attached hydrogens (tertiary/aromatic N) is 3. The highest BCUT2D eigenvalue weighted by Gasteiger charge is 2.35. The van der Waals surface area contributed by atoms with Crippen molar-refractivity contribution in [2.24, 2.45) is 0 Å². The molecular formula is C11H21N3. The monoisotopic (exact) mass is 195 g/mol. The third kappa shape index (κ3) is 2.26. The highest BCUT2D eigenvalue weighted by Crippen LogP contribution is 2.23. The standard InChI is InChI=1S/C11H21N3/c1-5-14-9-11(2,3)13(4)8-10(14)6-7-12/h10H,5-6,8-9H2,1-4H3. The van der Waals surface area contributed by atoms with Gasteiger partial charge in [-0.2, -0.15) is 5.26 Å². The number of likely N-dealkylation sites (N-methyl/N-ethyl adjacent to an activating group) is 2. The first-order valence-corrected chi connectivity index (χ1v) is 5.33. The van der Waals surface area contributed by atoms with Gasteiger partial charge in [-0.05, 0) is 27.4 Å². The molecule has 1 rings (SSSR count). The van der Waals surface area contributed by atoms with Crippen LogP contribution in [-0.2, 0) is 0 Å².